The number of ether oxygens (including phenoxy) is 1. The Morgan fingerprint density at radius 2 is 1.70 bits per heavy atom. The summed E-state index contributed by atoms with van der Waals surface area (Å²) in [6.07, 6.45) is 0. The van der Waals surface area contributed by atoms with Crippen LogP contribution in [-0.4, -0.2) is 28.4 Å². The highest BCUT2D eigenvalue weighted by Crippen LogP contribution is 2.29. The first-order chi connectivity index (χ1) is 11.0. The topological polar surface area (TPSA) is 89.8 Å². The van der Waals surface area contributed by atoms with Gasteiger partial charge in [0.15, 0.2) is 6.73 Å². The highest BCUT2D eigenvalue weighted by Gasteiger charge is 2.35. The van der Waals surface area contributed by atoms with Gasteiger partial charge in [-0.25, -0.2) is 4.90 Å². The Hall–Kier alpha value is -2.93. The number of benzene rings is 2. The summed E-state index contributed by atoms with van der Waals surface area (Å²) in [4.78, 5) is 35.3. The molecule has 1 heterocycles. The van der Waals surface area contributed by atoms with Gasteiger partial charge < -0.3 is 4.74 Å². The summed E-state index contributed by atoms with van der Waals surface area (Å²) in [6, 6.07) is 10.1. The first kappa shape index (κ1) is 15.0. The largest absolute Gasteiger partial charge is 0.471 e. The monoisotopic (exact) mass is 332 g/mol. The third-order valence-electron chi connectivity index (χ3n) is 3.35. The van der Waals surface area contributed by atoms with E-state index in [1.54, 1.807) is 24.3 Å². The van der Waals surface area contributed by atoms with Gasteiger partial charge in [-0.2, -0.15) is 0 Å². The highest BCUT2D eigenvalue weighted by molar-refractivity contribution is 6.32. The maximum absolute atomic E-state index is 12.2. The molecule has 0 bridgehead atoms. The van der Waals surface area contributed by atoms with Crippen LogP contribution in [0.5, 0.6) is 5.75 Å². The van der Waals surface area contributed by atoms with Crippen molar-refractivity contribution >= 4 is 29.1 Å². The van der Waals surface area contributed by atoms with E-state index in [0.29, 0.717) is 11.1 Å². The zero-order valence-electron chi connectivity index (χ0n) is 11.6. The number of amides is 2. The number of hydrogen-bond acceptors (Lipinski definition) is 5. The van der Waals surface area contributed by atoms with Crippen molar-refractivity contribution in [2.45, 2.75) is 0 Å². The van der Waals surface area contributed by atoms with E-state index in [1.165, 1.54) is 12.1 Å². The molecular weight excluding hydrogens is 324 g/mol. The molecule has 2 aromatic carbocycles. The standard InChI is InChI=1S/C15H9ClN2O5/c16-12-7-9(18(21)22)5-6-13(12)23-8-17-14(19)10-3-1-2-4-11(10)15(17)20/h1-7H,8H2. The molecule has 0 N–H and O–H groups in total. The quantitative estimate of drug-likeness (QED) is 0.488. The number of carbonyl (C=O) groups is 2. The summed E-state index contributed by atoms with van der Waals surface area (Å²) in [6.45, 7) is -0.329. The molecule has 0 aromatic heterocycles. The molecule has 2 amide bonds. The molecule has 0 spiro atoms. The predicted octanol–water partition coefficient (Wildman–Crippen LogP) is 2.88. The van der Waals surface area contributed by atoms with Crippen molar-refractivity contribution in [1.82, 2.24) is 4.90 Å². The summed E-state index contributed by atoms with van der Waals surface area (Å²) < 4.78 is 5.36. The normalized spacial score (nSPS) is 13.2. The molecule has 7 nitrogen and oxygen atoms in total. The highest BCUT2D eigenvalue weighted by atomic mass is 35.5. The van der Waals surface area contributed by atoms with Gasteiger partial charge in [-0.1, -0.05) is 23.7 Å². The van der Waals surface area contributed by atoms with E-state index in [0.717, 1.165) is 11.0 Å². The third kappa shape index (κ3) is 2.62. The van der Waals surface area contributed by atoms with Crippen molar-refractivity contribution in [2.24, 2.45) is 0 Å². The molecule has 0 atom stereocenters. The van der Waals surface area contributed by atoms with Crippen LogP contribution < -0.4 is 4.74 Å². The lowest BCUT2D eigenvalue weighted by Crippen LogP contribution is -2.33. The van der Waals surface area contributed by atoms with E-state index in [2.05, 4.69) is 0 Å². The van der Waals surface area contributed by atoms with Crippen LogP contribution in [0.4, 0.5) is 5.69 Å². The van der Waals surface area contributed by atoms with Crippen molar-refractivity contribution in [2.75, 3.05) is 6.73 Å². The van der Waals surface area contributed by atoms with Crippen molar-refractivity contribution in [3.05, 3.63) is 68.7 Å². The Balaban J connectivity index is 1.76. The van der Waals surface area contributed by atoms with Gasteiger partial charge in [-0.15, -0.1) is 0 Å². The third-order valence-corrected chi connectivity index (χ3v) is 3.65. The molecule has 8 heteroatoms. The summed E-state index contributed by atoms with van der Waals surface area (Å²) >= 11 is 5.90. The number of nitro groups is 1. The van der Waals surface area contributed by atoms with Gasteiger partial charge in [0, 0.05) is 12.1 Å². The summed E-state index contributed by atoms with van der Waals surface area (Å²) in [5, 5.41) is 10.7. The molecule has 0 fully saturated rings. The number of halogens is 1. The summed E-state index contributed by atoms with van der Waals surface area (Å²) in [5.74, 6) is -0.763. The molecule has 2 aromatic rings. The smallest absolute Gasteiger partial charge is 0.271 e. The molecule has 0 saturated carbocycles. The van der Waals surface area contributed by atoms with Crippen LogP contribution in [0.2, 0.25) is 5.02 Å². The van der Waals surface area contributed by atoms with Gasteiger partial charge in [0.2, 0.25) is 0 Å². The van der Waals surface area contributed by atoms with Gasteiger partial charge in [0.25, 0.3) is 17.5 Å². The maximum Gasteiger partial charge on any atom is 0.271 e. The van der Waals surface area contributed by atoms with Crippen LogP contribution in [-0.2, 0) is 0 Å². The molecule has 23 heavy (non-hydrogen) atoms. The van der Waals surface area contributed by atoms with Gasteiger partial charge in [-0.05, 0) is 18.2 Å². The first-order valence-corrected chi connectivity index (χ1v) is 6.89. The first-order valence-electron chi connectivity index (χ1n) is 6.51. The molecule has 3 rings (SSSR count). The SMILES string of the molecule is O=C1c2ccccc2C(=O)N1COc1ccc([N+](=O)[O-])cc1Cl. The molecule has 0 aliphatic carbocycles. The van der Waals surface area contributed by atoms with E-state index < -0.39 is 16.7 Å². The Bertz CT molecular complexity index is 801. The summed E-state index contributed by atoms with van der Waals surface area (Å²) in [7, 11) is 0. The van der Waals surface area contributed by atoms with Crippen LogP contribution in [0.15, 0.2) is 42.5 Å². The lowest BCUT2D eigenvalue weighted by Gasteiger charge is -2.15. The van der Waals surface area contributed by atoms with E-state index in [-0.39, 0.29) is 23.2 Å². The van der Waals surface area contributed by atoms with Crippen LogP contribution >= 0.6 is 11.6 Å². The Morgan fingerprint density at radius 3 is 2.22 bits per heavy atom. The average molecular weight is 333 g/mol. The van der Waals surface area contributed by atoms with E-state index >= 15 is 0 Å². The van der Waals surface area contributed by atoms with Crippen molar-refractivity contribution in [3.63, 3.8) is 0 Å². The fraction of sp³-hybridized carbons (Fsp3) is 0.0667. The molecule has 0 unspecified atom stereocenters. The maximum atomic E-state index is 12.2. The fourth-order valence-corrected chi connectivity index (χ4v) is 2.44. The number of nitro benzene ring substituents is 1. The number of hydrogen-bond donors (Lipinski definition) is 0. The lowest BCUT2D eigenvalue weighted by atomic mass is 10.1. The fourth-order valence-electron chi connectivity index (χ4n) is 2.21. The second-order valence-electron chi connectivity index (χ2n) is 4.73. The summed E-state index contributed by atoms with van der Waals surface area (Å²) in [5.41, 5.74) is 0.454. The predicted molar refractivity (Wildman–Crippen MR) is 80.5 cm³/mol. The number of rotatable bonds is 4. The molecule has 0 saturated heterocycles. The lowest BCUT2D eigenvalue weighted by molar-refractivity contribution is -0.384. The van der Waals surface area contributed by atoms with Gasteiger partial charge >= 0.3 is 0 Å². The molecular formula is C15H9ClN2O5. The number of nitrogens with zero attached hydrogens (tertiary/aromatic N) is 2. The van der Waals surface area contributed by atoms with Crippen LogP contribution in [0, 0.1) is 10.1 Å². The van der Waals surface area contributed by atoms with Crippen molar-refractivity contribution in [1.29, 1.82) is 0 Å². The van der Waals surface area contributed by atoms with Gasteiger partial charge in [0.1, 0.15) is 5.75 Å². The van der Waals surface area contributed by atoms with Crippen molar-refractivity contribution < 1.29 is 19.2 Å². The number of imide groups is 1. The minimum atomic E-state index is -0.584. The Morgan fingerprint density at radius 1 is 1.09 bits per heavy atom. The number of fused-ring (bicyclic) bond motifs is 1. The van der Waals surface area contributed by atoms with Crippen LogP contribution in [0.25, 0.3) is 0 Å². The number of non-ortho nitro benzene ring substituents is 1. The minimum Gasteiger partial charge on any atom is -0.471 e. The molecule has 1 aliphatic heterocycles. The van der Waals surface area contributed by atoms with Crippen LogP contribution in [0.3, 0.4) is 0 Å². The average Bonchev–Trinajstić information content (AvgIpc) is 2.78. The Labute approximate surface area is 135 Å². The van der Waals surface area contributed by atoms with E-state index in [4.69, 9.17) is 16.3 Å². The number of carbonyl (C=O) groups excluding carboxylic acids is 2. The van der Waals surface area contributed by atoms with E-state index in [9.17, 15) is 19.7 Å². The van der Waals surface area contributed by atoms with Crippen LogP contribution in [0.1, 0.15) is 20.7 Å². The zero-order chi connectivity index (χ0) is 16.6. The van der Waals surface area contributed by atoms with Gasteiger partial charge in [-0.3, -0.25) is 19.7 Å². The second kappa shape index (κ2) is 5.69. The molecule has 1 aliphatic rings. The van der Waals surface area contributed by atoms with Gasteiger partial charge in [0.05, 0.1) is 21.1 Å². The second-order valence-corrected chi connectivity index (χ2v) is 5.14. The minimum absolute atomic E-state index is 0.0239. The van der Waals surface area contributed by atoms with E-state index in [1.807, 2.05) is 0 Å². The zero-order valence-corrected chi connectivity index (χ0v) is 12.3. The molecule has 116 valence electrons. The molecule has 0 radical (unpaired) electrons. The van der Waals surface area contributed by atoms with Crippen molar-refractivity contribution in [3.8, 4) is 5.75 Å². The Kier molecular flexibility index (Phi) is 3.71.